The summed E-state index contributed by atoms with van der Waals surface area (Å²) in [5, 5.41) is 0. The molecule has 0 unspecified atom stereocenters. The molecule has 0 saturated carbocycles. The standard InChI is InChI=1S/56W. The van der Waals surface area contributed by atoms with E-state index in [1.54, 1.807) is 0 Å². The van der Waals surface area contributed by atoms with Crippen molar-refractivity contribution in [2.24, 2.45) is 0 Å². The smallest absolute Gasteiger partial charge is 0 e. The van der Waals surface area contributed by atoms with Crippen LogP contribution in [0.3, 0.4) is 0 Å². The Kier molecular flexibility index (Phi) is 5360. The molecule has 0 fully saturated rings. The zero-order valence-corrected chi connectivity index (χ0v) is 187. The first kappa shape index (κ1) is 557. The average molecular weight is 10300 g/mol. The maximum Gasteiger partial charge on any atom is 0 e. The predicted molar refractivity (Wildman–Crippen MR) is 0 cm³/mol. The van der Waals surface area contributed by atoms with E-state index in [0.717, 1.165) is 0 Å². The van der Waals surface area contributed by atoms with Crippen LogP contribution in [0.5, 0.6) is 0 Å². The normalized spacial score (nSPS) is 0. The van der Waals surface area contributed by atoms with Gasteiger partial charge < -0.3 is 0 Å². The minimum atomic E-state index is 0. The summed E-state index contributed by atoms with van der Waals surface area (Å²) in [6.45, 7) is 0. The monoisotopic (exact) mass is 10300 g/mol. The van der Waals surface area contributed by atoms with Crippen LogP contribution >= 0.6 is 0 Å². The van der Waals surface area contributed by atoms with E-state index in [1.165, 1.54) is 0 Å². The molecule has 0 saturated heterocycles. The predicted octanol–water partition coefficient (Wildman–Crippen LogP) is -0.140. The van der Waals surface area contributed by atoms with Crippen LogP contribution in [0, 0.1) is 0 Å². The molecule has 0 atom stereocenters. The zero-order chi connectivity index (χ0) is 0. The van der Waals surface area contributed by atoms with E-state index in [9.17, 15) is 0 Å². The van der Waals surface area contributed by atoms with Crippen LogP contribution < -0.4 is 0 Å². The fourth-order valence-corrected chi connectivity index (χ4v) is 0. The van der Waals surface area contributed by atoms with Crippen LogP contribution in [0.15, 0.2) is 0 Å². The van der Waals surface area contributed by atoms with E-state index in [0.29, 0.717) is 0 Å². The topological polar surface area (TPSA) is 0 Å². The van der Waals surface area contributed by atoms with Gasteiger partial charge in [0.1, 0.15) is 0 Å². The first-order chi connectivity index (χ1) is 0. The molecular weight excluding hydrogens is 10300 g/mol. The van der Waals surface area contributed by atoms with Gasteiger partial charge in [0.25, 0.3) is 0 Å². The third-order valence-corrected chi connectivity index (χ3v) is 0. The second-order valence-electron chi connectivity index (χ2n) is 0. The summed E-state index contributed by atoms with van der Waals surface area (Å²) in [7, 11) is 0. The van der Waals surface area contributed by atoms with Gasteiger partial charge in [0.05, 0.1) is 0 Å². The number of rotatable bonds is 0. The molecule has 0 amide bonds. The first-order valence-corrected chi connectivity index (χ1v) is 0. The summed E-state index contributed by atoms with van der Waals surface area (Å²) in [4.78, 5) is 0. The molecule has 0 spiro atoms. The van der Waals surface area contributed by atoms with Gasteiger partial charge in [0.2, 0.25) is 0 Å². The second-order valence-corrected chi connectivity index (χ2v) is 0. The third-order valence-electron chi connectivity index (χ3n) is 0. The molecule has 0 rings (SSSR count). The van der Waals surface area contributed by atoms with Crippen molar-refractivity contribution in [3.63, 3.8) is 0 Å². The minimum absolute atomic E-state index is 0. The molecular formula is W56. The quantitative estimate of drug-likeness (QED) is 0.318. The van der Waals surface area contributed by atoms with Crippen LogP contribution in [0.25, 0.3) is 0 Å². The first-order valence-electron chi connectivity index (χ1n) is 0. The van der Waals surface area contributed by atoms with Crippen molar-refractivity contribution in [3.05, 3.63) is 0 Å². The van der Waals surface area contributed by atoms with Crippen molar-refractivity contribution in [2.75, 3.05) is 0 Å². The zero-order valence-electron chi connectivity index (χ0n) is 22.9. The molecule has 0 aromatic heterocycles. The minimum Gasteiger partial charge on any atom is 0 e. The van der Waals surface area contributed by atoms with Gasteiger partial charge >= 0.3 is 0 Å². The second kappa shape index (κ2) is 539. The Morgan fingerprint density at radius 1 is 0.0179 bits per heavy atom. The van der Waals surface area contributed by atoms with Crippen LogP contribution in [-0.4, -0.2) is 0 Å². The molecule has 0 aromatic rings. The van der Waals surface area contributed by atoms with Gasteiger partial charge in [-0.1, -0.05) is 0 Å². The van der Waals surface area contributed by atoms with E-state index >= 15 is 0 Å². The molecule has 56 heavy (non-hydrogen) atoms. The van der Waals surface area contributed by atoms with E-state index in [4.69, 9.17) is 0 Å². The molecule has 0 bridgehead atoms. The van der Waals surface area contributed by atoms with Crippen molar-refractivity contribution in [2.45, 2.75) is 0 Å². The van der Waals surface area contributed by atoms with E-state index in [2.05, 4.69) is 0 Å². The molecule has 0 N–H and O–H groups in total. The molecule has 0 aromatic carbocycles. The fraction of sp³-hybridized carbons (Fsp3) is 0. The Bertz CT molecular complexity index is 0. The van der Waals surface area contributed by atoms with E-state index < -0.39 is 0 Å². The summed E-state index contributed by atoms with van der Waals surface area (Å²) in [5.74, 6) is 0. The Morgan fingerprint density at radius 3 is 0.0179 bits per heavy atom. The molecule has 0 aliphatic carbocycles. The van der Waals surface area contributed by atoms with Gasteiger partial charge in [-0.15, -0.1) is 0 Å². The fourth-order valence-electron chi connectivity index (χ4n) is 0. The van der Waals surface area contributed by atoms with Gasteiger partial charge in [-0.05, 0) is 0 Å². The molecule has 0 aliphatic rings. The van der Waals surface area contributed by atoms with E-state index in [-0.39, 0.29) is 1180 Å². The number of hydrogen-bond donors (Lipinski definition) is 0. The summed E-state index contributed by atoms with van der Waals surface area (Å²) >= 11 is 0. The van der Waals surface area contributed by atoms with Crippen molar-refractivity contribution in [1.82, 2.24) is 0 Å². The van der Waals surface area contributed by atoms with Crippen LogP contribution in [0.1, 0.15) is 0 Å². The molecule has 0 nitrogen and oxygen atoms in total. The largest absolute Gasteiger partial charge is 0 e. The molecule has 0 radical (unpaired) electrons. The van der Waals surface area contributed by atoms with Crippen molar-refractivity contribution in [3.8, 4) is 0 Å². The SMILES string of the molecule is [W].[W].[W].[W].[W].[W].[W].[W].[W].[W].[W].[W].[W].[W].[W].[W].[W].[W].[W].[W].[W].[W].[W].[W].[W].[W].[W].[W].[W].[W].[W].[W].[W].[W].[W].[W].[W].[W].[W].[W].[W].[W].[W].[W].[W].[W].[W].[W].[W].[W].[W].[W].[W].[W].[W].[W]. The Balaban J connectivity index is 0. The Labute approximate surface area is 1140 Å². The van der Waals surface area contributed by atoms with Crippen LogP contribution in [-0.2, 0) is 1180 Å². The molecule has 0 heterocycles. The average Bonchev–Trinajstić information content (AvgIpc) is 0. The summed E-state index contributed by atoms with van der Waals surface area (Å²) < 4.78 is 0. The summed E-state index contributed by atoms with van der Waals surface area (Å²) in [6.07, 6.45) is 0. The van der Waals surface area contributed by atoms with Gasteiger partial charge in [-0.25, -0.2) is 0 Å². The number of hydrogen-bond acceptors (Lipinski definition) is 0. The van der Waals surface area contributed by atoms with Gasteiger partial charge in [0, 0.05) is 1180 Å². The third kappa shape index (κ3) is 522. The van der Waals surface area contributed by atoms with Gasteiger partial charge in [0.15, 0.2) is 0 Å². The van der Waals surface area contributed by atoms with Gasteiger partial charge in [-0.3, -0.25) is 0 Å². The molecule has 336 valence electrons. The van der Waals surface area contributed by atoms with E-state index in [1.807, 2.05) is 0 Å². The molecule has 0 aliphatic heterocycles. The Hall–Kier alpha value is 38.5. The maximum atomic E-state index is 0. The van der Waals surface area contributed by atoms with Crippen LogP contribution in [0.4, 0.5) is 0 Å². The van der Waals surface area contributed by atoms with Crippen molar-refractivity contribution < 1.29 is 1180 Å². The summed E-state index contributed by atoms with van der Waals surface area (Å²) in [6, 6.07) is 0. The van der Waals surface area contributed by atoms with Crippen molar-refractivity contribution in [1.29, 1.82) is 0 Å². The Morgan fingerprint density at radius 2 is 0.0179 bits per heavy atom. The maximum absolute atomic E-state index is 0. The van der Waals surface area contributed by atoms with Crippen molar-refractivity contribution >= 4 is 0 Å². The van der Waals surface area contributed by atoms with Crippen LogP contribution in [0.2, 0.25) is 0 Å². The van der Waals surface area contributed by atoms with Gasteiger partial charge in [-0.2, -0.15) is 0 Å². The molecule has 56 heteroatoms. The summed E-state index contributed by atoms with van der Waals surface area (Å²) in [5.41, 5.74) is 0.